The average molecular weight is 245 g/mol. The third-order valence-corrected chi connectivity index (χ3v) is 2.97. The van der Waals surface area contributed by atoms with Gasteiger partial charge in [0.25, 0.3) is 0 Å². The van der Waals surface area contributed by atoms with Crippen LogP contribution in [0.15, 0.2) is 36.9 Å². The van der Waals surface area contributed by atoms with Crippen molar-refractivity contribution in [2.45, 2.75) is 0 Å². The smallest absolute Gasteiger partial charge is 0.159 e. The molecule has 0 aliphatic carbocycles. The van der Waals surface area contributed by atoms with Crippen LogP contribution in [0, 0.1) is 0 Å². The van der Waals surface area contributed by atoms with E-state index in [1.165, 1.54) is 10.8 Å². The largest absolute Gasteiger partial charge is 0.794 e. The first-order chi connectivity index (χ1) is 7.09. The summed E-state index contributed by atoms with van der Waals surface area (Å²) in [5, 5.41) is 0. The molecule has 5 nitrogen and oxygen atoms in total. The minimum Gasteiger partial charge on any atom is -0.794 e. The Morgan fingerprint density at radius 2 is 2.19 bits per heavy atom. The zero-order chi connectivity index (χ0) is 10.9. The molecule has 0 N–H and O–H groups in total. The van der Waals surface area contributed by atoms with Crippen LogP contribution in [0.4, 0.5) is 0 Å². The molecule has 2 rings (SSSR count). The van der Waals surface area contributed by atoms with Gasteiger partial charge in [-0.3, -0.25) is 9.55 Å². The first-order valence-corrected chi connectivity index (χ1v) is 6.39. The van der Waals surface area contributed by atoms with Crippen LogP contribution < -0.4 is 10.5 Å². The van der Waals surface area contributed by atoms with Crippen molar-refractivity contribution in [2.75, 3.05) is 6.66 Å². The second-order valence-electron chi connectivity index (χ2n) is 3.15. The van der Waals surface area contributed by atoms with E-state index in [1.807, 2.05) is 0 Å². The SMILES string of the molecule is CP(=O)([O-])c1nccn1-c1cccnc1.[Na]. The quantitative estimate of drug-likeness (QED) is 0.541. The summed E-state index contributed by atoms with van der Waals surface area (Å²) in [7, 11) is -3.60. The van der Waals surface area contributed by atoms with Crippen LogP contribution in [0.25, 0.3) is 5.69 Å². The molecule has 0 amide bonds. The van der Waals surface area contributed by atoms with Gasteiger partial charge in [-0.2, -0.15) is 0 Å². The Labute approximate surface area is 115 Å². The molecule has 0 fully saturated rings. The first-order valence-electron chi connectivity index (χ1n) is 4.32. The Hall–Kier alpha value is -0.450. The molecule has 1 radical (unpaired) electrons. The van der Waals surface area contributed by atoms with Crippen LogP contribution in [0.1, 0.15) is 0 Å². The van der Waals surface area contributed by atoms with Crippen LogP contribution in [-0.2, 0) is 4.57 Å². The molecule has 0 saturated heterocycles. The Balaban J connectivity index is 0.00000128. The summed E-state index contributed by atoms with van der Waals surface area (Å²) in [6, 6.07) is 3.51. The molecule has 0 saturated carbocycles. The summed E-state index contributed by atoms with van der Waals surface area (Å²) in [4.78, 5) is 19.2. The summed E-state index contributed by atoms with van der Waals surface area (Å²) in [6.07, 6.45) is 6.26. The van der Waals surface area contributed by atoms with Crippen molar-refractivity contribution in [1.82, 2.24) is 14.5 Å². The van der Waals surface area contributed by atoms with Gasteiger partial charge in [0.1, 0.15) is 0 Å². The van der Waals surface area contributed by atoms with Crippen molar-refractivity contribution < 1.29 is 9.46 Å². The second-order valence-corrected chi connectivity index (χ2v) is 5.25. The molecule has 7 heteroatoms. The fraction of sp³-hybridized carbons (Fsp3) is 0.111. The number of hydrogen-bond acceptors (Lipinski definition) is 4. The molecule has 16 heavy (non-hydrogen) atoms. The van der Waals surface area contributed by atoms with E-state index in [9.17, 15) is 9.46 Å². The molecule has 0 bridgehead atoms. The fourth-order valence-corrected chi connectivity index (χ4v) is 2.14. The summed E-state index contributed by atoms with van der Waals surface area (Å²) in [5.74, 6) is 0. The molecular formula is C9H9N3NaO2P-. The number of pyridine rings is 1. The van der Waals surface area contributed by atoms with Crippen LogP contribution >= 0.6 is 7.37 Å². The molecule has 0 aliphatic rings. The topological polar surface area (TPSA) is 70.8 Å². The normalized spacial score (nSPS) is 13.9. The number of rotatable bonds is 2. The Morgan fingerprint density at radius 3 is 2.75 bits per heavy atom. The van der Waals surface area contributed by atoms with E-state index in [4.69, 9.17) is 0 Å². The van der Waals surface area contributed by atoms with Gasteiger partial charge < -0.3 is 9.46 Å². The number of nitrogens with zero attached hydrogens (tertiary/aromatic N) is 3. The Bertz CT molecular complexity index is 508. The molecule has 2 aromatic rings. The van der Waals surface area contributed by atoms with Crippen LogP contribution in [0.3, 0.4) is 0 Å². The van der Waals surface area contributed by atoms with Crippen molar-refractivity contribution in [3.05, 3.63) is 36.9 Å². The summed E-state index contributed by atoms with van der Waals surface area (Å²) < 4.78 is 12.9. The molecule has 1 atom stereocenters. The van der Waals surface area contributed by atoms with Gasteiger partial charge in [-0.15, -0.1) is 0 Å². The zero-order valence-corrected chi connectivity index (χ0v) is 12.0. The van der Waals surface area contributed by atoms with Gasteiger partial charge in [0, 0.05) is 48.1 Å². The zero-order valence-electron chi connectivity index (χ0n) is 9.07. The van der Waals surface area contributed by atoms with Crippen LogP contribution in [0.5, 0.6) is 0 Å². The van der Waals surface area contributed by atoms with E-state index in [1.54, 1.807) is 30.7 Å². The van der Waals surface area contributed by atoms with Gasteiger partial charge in [-0.05, 0) is 18.8 Å². The van der Waals surface area contributed by atoms with Crippen LogP contribution in [0.2, 0.25) is 0 Å². The van der Waals surface area contributed by atoms with E-state index in [0.29, 0.717) is 5.69 Å². The predicted molar refractivity (Wildman–Crippen MR) is 60.3 cm³/mol. The third-order valence-electron chi connectivity index (χ3n) is 1.91. The van der Waals surface area contributed by atoms with E-state index >= 15 is 0 Å². The van der Waals surface area contributed by atoms with Gasteiger partial charge in [-0.25, -0.2) is 4.98 Å². The van der Waals surface area contributed by atoms with Gasteiger partial charge in [0.15, 0.2) is 5.57 Å². The summed E-state index contributed by atoms with van der Waals surface area (Å²) in [5.41, 5.74) is 0.735. The molecule has 0 aromatic carbocycles. The molecule has 0 aliphatic heterocycles. The van der Waals surface area contributed by atoms with E-state index in [2.05, 4.69) is 9.97 Å². The minimum absolute atomic E-state index is 0. The van der Waals surface area contributed by atoms with Crippen molar-refractivity contribution >= 4 is 42.5 Å². The van der Waals surface area contributed by atoms with E-state index < -0.39 is 7.37 Å². The molecule has 0 spiro atoms. The number of imidazole rings is 1. The van der Waals surface area contributed by atoms with Crippen LogP contribution in [-0.4, -0.2) is 50.8 Å². The molecule has 1 unspecified atom stereocenters. The van der Waals surface area contributed by atoms with Crippen molar-refractivity contribution in [1.29, 1.82) is 0 Å². The maximum absolute atomic E-state index is 11.4. The Kier molecular flexibility index (Phi) is 4.47. The van der Waals surface area contributed by atoms with Crippen molar-refractivity contribution in [3.8, 4) is 5.69 Å². The fourth-order valence-electron chi connectivity index (χ4n) is 1.29. The molecular weight excluding hydrogens is 236 g/mol. The van der Waals surface area contributed by atoms with Crippen molar-refractivity contribution in [3.63, 3.8) is 0 Å². The van der Waals surface area contributed by atoms with Crippen molar-refractivity contribution in [2.24, 2.45) is 0 Å². The van der Waals surface area contributed by atoms with Gasteiger partial charge in [0.2, 0.25) is 0 Å². The van der Waals surface area contributed by atoms with E-state index in [-0.39, 0.29) is 35.1 Å². The monoisotopic (exact) mass is 245 g/mol. The number of aromatic nitrogens is 3. The molecule has 79 valence electrons. The second kappa shape index (κ2) is 5.25. The summed E-state index contributed by atoms with van der Waals surface area (Å²) in [6.45, 7) is 1.15. The van der Waals surface area contributed by atoms with E-state index in [0.717, 1.165) is 6.66 Å². The molecule has 2 aromatic heterocycles. The first kappa shape index (κ1) is 13.6. The maximum atomic E-state index is 11.4. The number of hydrogen-bond donors (Lipinski definition) is 0. The molecule has 2 heterocycles. The maximum Gasteiger partial charge on any atom is 0.159 e. The average Bonchev–Trinajstić information content (AvgIpc) is 2.67. The van der Waals surface area contributed by atoms with Gasteiger partial charge >= 0.3 is 0 Å². The Morgan fingerprint density at radius 1 is 1.44 bits per heavy atom. The minimum atomic E-state index is -3.60. The third kappa shape index (κ3) is 2.81. The van der Waals surface area contributed by atoms with Gasteiger partial charge in [0.05, 0.1) is 19.3 Å². The summed E-state index contributed by atoms with van der Waals surface area (Å²) >= 11 is 0. The predicted octanol–water partition coefficient (Wildman–Crippen LogP) is -0.220. The van der Waals surface area contributed by atoms with Gasteiger partial charge in [-0.1, -0.05) is 0 Å². The standard InChI is InChI=1S/C9H10N3O2P.Na/c1-15(13,14)9-11-5-6-12(9)8-3-2-4-10-7-8;/h2-7H,1H3,(H,13,14);/p-1.